The summed E-state index contributed by atoms with van der Waals surface area (Å²) in [6.45, 7) is 3.85. The first kappa shape index (κ1) is 17.9. The highest BCUT2D eigenvalue weighted by molar-refractivity contribution is 7.99. The first-order valence-electron chi connectivity index (χ1n) is 8.78. The van der Waals surface area contributed by atoms with Gasteiger partial charge in [-0.05, 0) is 34.0 Å². The molecule has 0 aliphatic carbocycles. The Balaban J connectivity index is 2.06. The lowest BCUT2D eigenvalue weighted by molar-refractivity contribution is -0.763. The Morgan fingerprint density at radius 2 is 2.15 bits per heavy atom. The van der Waals surface area contributed by atoms with Gasteiger partial charge in [0.25, 0.3) is 6.17 Å². The average molecular weight is 400 g/mol. The molecule has 1 aromatic carbocycles. The van der Waals surface area contributed by atoms with E-state index in [2.05, 4.69) is 4.98 Å². The second kappa shape index (κ2) is 7.28. The summed E-state index contributed by atoms with van der Waals surface area (Å²) in [5, 5.41) is 9.23. The van der Waals surface area contributed by atoms with E-state index >= 15 is 0 Å². The molecular formula is C19H19N4O2S2+. The number of thiophene rings is 1. The molecule has 1 aliphatic rings. The Morgan fingerprint density at radius 3 is 2.85 bits per heavy atom. The highest BCUT2D eigenvalue weighted by atomic mass is 32.2. The topological polar surface area (TPSA) is 69.9 Å². The Bertz CT molecular complexity index is 1050. The Kier molecular flexibility index (Phi) is 4.84. The SMILES string of the molecule is CCSc1n[n+]2c(c(=O)[nH]1)-c1ccccc1N(C(=O)CC)C2c1ccsc1. The predicted octanol–water partition coefficient (Wildman–Crippen LogP) is 3.20. The van der Waals surface area contributed by atoms with Crippen LogP contribution in [0.25, 0.3) is 11.3 Å². The fourth-order valence-electron chi connectivity index (χ4n) is 3.34. The van der Waals surface area contributed by atoms with Gasteiger partial charge in [-0.15, -0.1) is 0 Å². The third-order valence-electron chi connectivity index (χ3n) is 4.45. The number of thioether (sulfide) groups is 1. The van der Waals surface area contributed by atoms with Gasteiger partial charge in [0.2, 0.25) is 11.1 Å². The molecule has 27 heavy (non-hydrogen) atoms. The number of amides is 1. The summed E-state index contributed by atoms with van der Waals surface area (Å²) in [6, 6.07) is 9.49. The van der Waals surface area contributed by atoms with Gasteiger partial charge in [-0.25, -0.2) is 4.90 Å². The minimum absolute atomic E-state index is 0.0106. The Hall–Kier alpha value is -2.45. The molecule has 3 heterocycles. The van der Waals surface area contributed by atoms with Gasteiger partial charge < -0.3 is 0 Å². The molecule has 8 heteroatoms. The van der Waals surface area contributed by atoms with Crippen LogP contribution in [-0.4, -0.2) is 21.7 Å². The maximum Gasteiger partial charge on any atom is 0.325 e. The van der Waals surface area contributed by atoms with Crippen LogP contribution in [0.15, 0.2) is 51.0 Å². The first-order chi connectivity index (χ1) is 13.2. The Labute approximate surface area is 164 Å². The number of aromatic nitrogens is 3. The molecule has 2 aromatic heterocycles. The van der Waals surface area contributed by atoms with Crippen molar-refractivity contribution in [3.8, 4) is 11.3 Å². The summed E-state index contributed by atoms with van der Waals surface area (Å²) in [7, 11) is 0. The molecule has 1 atom stereocenters. The van der Waals surface area contributed by atoms with Crippen molar-refractivity contribution >= 4 is 34.7 Å². The normalized spacial score (nSPS) is 15.3. The number of benzene rings is 1. The van der Waals surface area contributed by atoms with Gasteiger partial charge in [0.05, 0.1) is 16.8 Å². The van der Waals surface area contributed by atoms with Crippen LogP contribution in [0.5, 0.6) is 0 Å². The molecule has 1 aliphatic heterocycles. The predicted molar refractivity (Wildman–Crippen MR) is 107 cm³/mol. The zero-order valence-electron chi connectivity index (χ0n) is 15.0. The van der Waals surface area contributed by atoms with Gasteiger partial charge in [-0.3, -0.25) is 14.6 Å². The number of nitrogens with one attached hydrogen (secondary N) is 1. The van der Waals surface area contributed by atoms with Crippen LogP contribution in [0, 0.1) is 0 Å². The quantitative estimate of drug-likeness (QED) is 0.540. The molecule has 1 N–H and O–H groups in total. The molecule has 4 rings (SSSR count). The van der Waals surface area contributed by atoms with Crippen molar-refractivity contribution in [3.63, 3.8) is 0 Å². The van der Waals surface area contributed by atoms with Crippen LogP contribution >= 0.6 is 23.1 Å². The number of hydrogen-bond donors (Lipinski definition) is 1. The number of aromatic amines is 1. The van der Waals surface area contributed by atoms with Crippen molar-refractivity contribution in [2.75, 3.05) is 10.7 Å². The van der Waals surface area contributed by atoms with E-state index in [1.54, 1.807) is 20.9 Å². The van der Waals surface area contributed by atoms with Gasteiger partial charge in [0.1, 0.15) is 0 Å². The molecule has 0 spiro atoms. The second-order valence-corrected chi connectivity index (χ2v) is 8.08. The Morgan fingerprint density at radius 1 is 1.33 bits per heavy atom. The first-order valence-corrected chi connectivity index (χ1v) is 10.7. The average Bonchev–Trinajstić information content (AvgIpc) is 3.20. The number of rotatable bonds is 4. The minimum atomic E-state index is -0.480. The van der Waals surface area contributed by atoms with Crippen LogP contribution < -0.4 is 15.1 Å². The fraction of sp³-hybridized carbons (Fsp3) is 0.263. The fourth-order valence-corrected chi connectivity index (χ4v) is 4.59. The zero-order chi connectivity index (χ0) is 19.0. The van der Waals surface area contributed by atoms with Crippen LogP contribution in [0.3, 0.4) is 0 Å². The summed E-state index contributed by atoms with van der Waals surface area (Å²) in [6.07, 6.45) is -0.114. The van der Waals surface area contributed by atoms with E-state index in [0.29, 0.717) is 22.8 Å². The maximum atomic E-state index is 13.0. The lowest BCUT2D eigenvalue weighted by Gasteiger charge is -2.31. The highest BCUT2D eigenvalue weighted by Crippen LogP contribution is 2.37. The van der Waals surface area contributed by atoms with Crippen LogP contribution in [-0.2, 0) is 4.79 Å². The summed E-state index contributed by atoms with van der Waals surface area (Å²) < 4.78 is 1.70. The number of anilines is 1. The van der Waals surface area contributed by atoms with Gasteiger partial charge in [-0.2, -0.15) is 11.3 Å². The number of carbonyl (C=O) groups excluding carboxylic acids is 1. The third-order valence-corrected chi connectivity index (χ3v) is 5.90. The molecular weight excluding hydrogens is 380 g/mol. The van der Waals surface area contributed by atoms with Gasteiger partial charge in [0, 0.05) is 16.9 Å². The largest absolute Gasteiger partial charge is 0.325 e. The number of H-pyrrole nitrogens is 1. The molecule has 1 unspecified atom stereocenters. The lowest BCUT2D eigenvalue weighted by atomic mass is 10.0. The molecule has 1 amide bonds. The third kappa shape index (κ3) is 2.98. The highest BCUT2D eigenvalue weighted by Gasteiger charge is 2.45. The summed E-state index contributed by atoms with van der Waals surface area (Å²) in [5.41, 5.74) is 2.67. The van der Waals surface area contributed by atoms with E-state index in [1.165, 1.54) is 11.8 Å². The van der Waals surface area contributed by atoms with E-state index in [-0.39, 0.29) is 11.5 Å². The van der Waals surface area contributed by atoms with E-state index in [1.807, 2.05) is 54.9 Å². The van der Waals surface area contributed by atoms with Crippen LogP contribution in [0.1, 0.15) is 32.0 Å². The number of para-hydroxylation sites is 1. The molecule has 138 valence electrons. The lowest BCUT2D eigenvalue weighted by Crippen LogP contribution is -2.60. The summed E-state index contributed by atoms with van der Waals surface area (Å²) in [4.78, 5) is 30.5. The monoisotopic (exact) mass is 399 g/mol. The van der Waals surface area contributed by atoms with Crippen LogP contribution in [0.4, 0.5) is 5.69 Å². The minimum Gasteiger partial charge on any atom is -0.291 e. The summed E-state index contributed by atoms with van der Waals surface area (Å²) >= 11 is 3.03. The standard InChI is InChI=1S/C19H18N4O2S2/c1-3-15(24)22-14-8-6-5-7-13(14)16-17(25)20-19(27-4-2)21-23(16)18(22)12-9-10-26-11-12/h5-11,18H,3-4H2,1-2H3/p+1. The molecule has 0 bridgehead atoms. The zero-order valence-corrected chi connectivity index (χ0v) is 16.6. The van der Waals surface area contributed by atoms with Crippen molar-refractivity contribution in [2.45, 2.75) is 31.6 Å². The molecule has 0 saturated carbocycles. The van der Waals surface area contributed by atoms with Gasteiger partial charge >= 0.3 is 11.3 Å². The maximum absolute atomic E-state index is 13.0. The van der Waals surface area contributed by atoms with Crippen LogP contribution in [0.2, 0.25) is 0 Å². The molecule has 3 aromatic rings. The van der Waals surface area contributed by atoms with Crippen molar-refractivity contribution in [1.29, 1.82) is 0 Å². The number of fused-ring (bicyclic) bond motifs is 3. The molecule has 6 nitrogen and oxygen atoms in total. The number of carbonyl (C=O) groups is 1. The number of hydrogen-bond acceptors (Lipinski definition) is 5. The van der Waals surface area contributed by atoms with E-state index in [4.69, 9.17) is 5.10 Å². The molecule has 0 fully saturated rings. The smallest absolute Gasteiger partial charge is 0.291 e. The summed E-state index contributed by atoms with van der Waals surface area (Å²) in [5.74, 6) is 0.781. The van der Waals surface area contributed by atoms with E-state index in [0.717, 1.165) is 17.0 Å². The van der Waals surface area contributed by atoms with Crippen molar-refractivity contribution in [2.24, 2.45) is 0 Å². The van der Waals surface area contributed by atoms with Crippen molar-refractivity contribution in [3.05, 3.63) is 57.0 Å². The second-order valence-electron chi connectivity index (χ2n) is 6.05. The van der Waals surface area contributed by atoms with E-state index in [9.17, 15) is 9.59 Å². The number of nitrogens with zero attached hydrogens (tertiary/aromatic N) is 3. The molecule has 0 saturated heterocycles. The van der Waals surface area contributed by atoms with E-state index < -0.39 is 6.17 Å². The van der Waals surface area contributed by atoms with Gasteiger partial charge in [-0.1, -0.05) is 37.7 Å². The van der Waals surface area contributed by atoms with Crippen molar-refractivity contribution in [1.82, 2.24) is 10.1 Å². The molecule has 0 radical (unpaired) electrons. The van der Waals surface area contributed by atoms with Crippen molar-refractivity contribution < 1.29 is 9.48 Å². The van der Waals surface area contributed by atoms with Gasteiger partial charge in [0.15, 0.2) is 0 Å².